The Labute approximate surface area is 127 Å². The molecule has 0 aliphatic heterocycles. The topological polar surface area (TPSA) is 50.8 Å². The van der Waals surface area contributed by atoms with Gasteiger partial charge in [0.2, 0.25) is 0 Å². The standard InChI is InChI=1S/C16H14ClN3O/c1-10-6-7-12(17)9-14(10)16-18-15(19-20-16)11-4-3-5-13(8-11)21-2/h3-9H,1-2H3,(H,18,19,20). The number of methoxy groups -OCH3 is 1. The first-order chi connectivity index (χ1) is 10.2. The Hall–Kier alpha value is -2.33. The first-order valence-corrected chi connectivity index (χ1v) is 6.88. The molecule has 0 atom stereocenters. The van der Waals surface area contributed by atoms with Crippen molar-refractivity contribution in [3.8, 4) is 28.5 Å². The van der Waals surface area contributed by atoms with Gasteiger partial charge >= 0.3 is 0 Å². The Morgan fingerprint density at radius 3 is 2.81 bits per heavy atom. The minimum atomic E-state index is 0.628. The summed E-state index contributed by atoms with van der Waals surface area (Å²) in [6.45, 7) is 2.01. The van der Waals surface area contributed by atoms with Crippen LogP contribution >= 0.6 is 11.6 Å². The summed E-state index contributed by atoms with van der Waals surface area (Å²) in [5.74, 6) is 2.11. The molecule has 0 aliphatic carbocycles. The maximum atomic E-state index is 6.05. The van der Waals surface area contributed by atoms with Crippen molar-refractivity contribution in [2.75, 3.05) is 7.11 Å². The quantitative estimate of drug-likeness (QED) is 0.792. The van der Waals surface area contributed by atoms with Crippen molar-refractivity contribution in [1.82, 2.24) is 15.2 Å². The average molecular weight is 300 g/mol. The third-order valence-corrected chi connectivity index (χ3v) is 3.50. The molecule has 0 fully saturated rings. The Balaban J connectivity index is 2.01. The number of ether oxygens (including phenoxy) is 1. The van der Waals surface area contributed by atoms with Gasteiger partial charge in [-0.3, -0.25) is 5.10 Å². The van der Waals surface area contributed by atoms with Gasteiger partial charge in [-0.15, -0.1) is 0 Å². The lowest BCUT2D eigenvalue weighted by Gasteiger charge is -2.02. The summed E-state index contributed by atoms with van der Waals surface area (Å²) in [6.07, 6.45) is 0. The first-order valence-electron chi connectivity index (χ1n) is 6.51. The van der Waals surface area contributed by atoms with Gasteiger partial charge in [0.25, 0.3) is 0 Å². The van der Waals surface area contributed by atoms with Crippen LogP contribution in [0.2, 0.25) is 5.02 Å². The molecule has 0 saturated carbocycles. The van der Waals surface area contributed by atoms with Gasteiger partial charge in [-0.2, -0.15) is 5.10 Å². The minimum absolute atomic E-state index is 0.628. The SMILES string of the molecule is COc1cccc(-c2n[nH]c(-c3cc(Cl)ccc3C)n2)c1. The molecule has 4 nitrogen and oxygen atoms in total. The lowest BCUT2D eigenvalue weighted by molar-refractivity contribution is 0.415. The van der Waals surface area contributed by atoms with E-state index >= 15 is 0 Å². The van der Waals surface area contributed by atoms with Crippen LogP contribution in [0.15, 0.2) is 42.5 Å². The van der Waals surface area contributed by atoms with E-state index in [4.69, 9.17) is 16.3 Å². The van der Waals surface area contributed by atoms with Crippen LogP contribution in [0, 0.1) is 6.92 Å². The Morgan fingerprint density at radius 1 is 1.14 bits per heavy atom. The summed E-state index contributed by atoms with van der Waals surface area (Å²) in [5, 5.41) is 7.92. The van der Waals surface area contributed by atoms with Crippen LogP contribution < -0.4 is 4.74 Å². The fourth-order valence-corrected chi connectivity index (χ4v) is 2.29. The molecular weight excluding hydrogens is 286 g/mol. The molecule has 106 valence electrons. The number of nitrogens with one attached hydrogen (secondary N) is 1. The fraction of sp³-hybridized carbons (Fsp3) is 0.125. The Bertz CT molecular complexity index is 783. The summed E-state index contributed by atoms with van der Waals surface area (Å²) in [6, 6.07) is 13.4. The van der Waals surface area contributed by atoms with Crippen molar-refractivity contribution in [2.24, 2.45) is 0 Å². The highest BCUT2D eigenvalue weighted by atomic mass is 35.5. The third-order valence-electron chi connectivity index (χ3n) is 3.27. The fourth-order valence-electron chi connectivity index (χ4n) is 2.12. The van der Waals surface area contributed by atoms with E-state index in [1.54, 1.807) is 7.11 Å². The molecule has 21 heavy (non-hydrogen) atoms. The number of H-pyrrole nitrogens is 1. The molecule has 1 N–H and O–H groups in total. The van der Waals surface area contributed by atoms with E-state index < -0.39 is 0 Å². The maximum Gasteiger partial charge on any atom is 0.181 e. The lowest BCUT2D eigenvalue weighted by atomic mass is 10.1. The van der Waals surface area contributed by atoms with Crippen LogP contribution in [0.5, 0.6) is 5.75 Å². The number of nitrogens with zero attached hydrogens (tertiary/aromatic N) is 2. The third kappa shape index (κ3) is 2.76. The molecule has 5 heteroatoms. The van der Waals surface area contributed by atoms with Crippen molar-refractivity contribution < 1.29 is 4.74 Å². The van der Waals surface area contributed by atoms with Crippen LogP contribution in [0.3, 0.4) is 0 Å². The molecule has 0 aliphatic rings. The molecule has 0 spiro atoms. The van der Waals surface area contributed by atoms with E-state index in [9.17, 15) is 0 Å². The number of rotatable bonds is 3. The summed E-state index contributed by atoms with van der Waals surface area (Å²) >= 11 is 6.05. The van der Waals surface area contributed by atoms with E-state index in [1.165, 1.54) is 0 Å². The van der Waals surface area contributed by atoms with Crippen LogP contribution in [0.25, 0.3) is 22.8 Å². The van der Waals surface area contributed by atoms with Gasteiger partial charge in [0.15, 0.2) is 11.6 Å². The first kappa shape index (κ1) is 13.6. The molecule has 0 saturated heterocycles. The molecule has 3 aromatic rings. The molecule has 1 heterocycles. The van der Waals surface area contributed by atoms with E-state index in [-0.39, 0.29) is 0 Å². The van der Waals surface area contributed by atoms with Gasteiger partial charge in [-0.25, -0.2) is 4.98 Å². The molecule has 0 bridgehead atoms. The van der Waals surface area contributed by atoms with Crippen molar-refractivity contribution >= 4 is 11.6 Å². The number of aromatic amines is 1. The van der Waals surface area contributed by atoms with Gasteiger partial charge in [-0.05, 0) is 36.8 Å². The maximum absolute atomic E-state index is 6.05. The largest absolute Gasteiger partial charge is 0.497 e. The second-order valence-corrected chi connectivity index (χ2v) is 5.14. The van der Waals surface area contributed by atoms with Gasteiger partial charge in [0, 0.05) is 16.1 Å². The summed E-state index contributed by atoms with van der Waals surface area (Å²) in [5.41, 5.74) is 2.94. The van der Waals surface area contributed by atoms with Crippen LogP contribution in [0.1, 0.15) is 5.56 Å². The Kier molecular flexibility index (Phi) is 3.62. The molecule has 3 rings (SSSR count). The average Bonchev–Trinajstić information content (AvgIpc) is 2.99. The van der Waals surface area contributed by atoms with Crippen molar-refractivity contribution in [3.05, 3.63) is 53.1 Å². The number of aryl methyl sites for hydroxylation is 1. The van der Waals surface area contributed by atoms with Crippen LogP contribution in [-0.4, -0.2) is 22.3 Å². The van der Waals surface area contributed by atoms with Crippen LogP contribution in [0.4, 0.5) is 0 Å². The highest BCUT2D eigenvalue weighted by molar-refractivity contribution is 6.30. The molecule has 0 unspecified atom stereocenters. The number of halogens is 1. The number of aromatic nitrogens is 3. The highest BCUT2D eigenvalue weighted by Crippen LogP contribution is 2.26. The second-order valence-electron chi connectivity index (χ2n) is 4.70. The predicted octanol–water partition coefficient (Wildman–Crippen LogP) is 4.11. The van der Waals surface area contributed by atoms with Gasteiger partial charge in [0.1, 0.15) is 5.75 Å². The predicted molar refractivity (Wildman–Crippen MR) is 83.6 cm³/mol. The number of hydrogen-bond acceptors (Lipinski definition) is 3. The van der Waals surface area contributed by atoms with Gasteiger partial charge in [-0.1, -0.05) is 29.8 Å². The molecular formula is C16H14ClN3O. The van der Waals surface area contributed by atoms with E-state index in [1.807, 2.05) is 49.4 Å². The molecule has 1 aromatic heterocycles. The normalized spacial score (nSPS) is 10.6. The summed E-state index contributed by atoms with van der Waals surface area (Å²) in [7, 11) is 1.64. The highest BCUT2D eigenvalue weighted by Gasteiger charge is 2.10. The summed E-state index contributed by atoms with van der Waals surface area (Å²) in [4.78, 5) is 4.55. The zero-order chi connectivity index (χ0) is 14.8. The smallest absolute Gasteiger partial charge is 0.181 e. The molecule has 2 aromatic carbocycles. The monoisotopic (exact) mass is 299 g/mol. The number of hydrogen-bond donors (Lipinski definition) is 1. The van der Waals surface area contributed by atoms with Gasteiger partial charge < -0.3 is 4.74 Å². The van der Waals surface area contributed by atoms with Crippen LogP contribution in [-0.2, 0) is 0 Å². The van der Waals surface area contributed by atoms with E-state index in [0.717, 1.165) is 22.4 Å². The minimum Gasteiger partial charge on any atom is -0.497 e. The molecule has 0 amide bonds. The van der Waals surface area contributed by atoms with Crippen molar-refractivity contribution in [3.63, 3.8) is 0 Å². The summed E-state index contributed by atoms with van der Waals surface area (Å²) < 4.78 is 5.22. The molecule has 0 radical (unpaired) electrons. The van der Waals surface area contributed by atoms with Crippen molar-refractivity contribution in [1.29, 1.82) is 0 Å². The lowest BCUT2D eigenvalue weighted by Crippen LogP contribution is -1.86. The van der Waals surface area contributed by atoms with E-state index in [2.05, 4.69) is 15.2 Å². The zero-order valence-electron chi connectivity index (χ0n) is 11.7. The Morgan fingerprint density at radius 2 is 2.00 bits per heavy atom. The second kappa shape index (κ2) is 5.58. The zero-order valence-corrected chi connectivity index (χ0v) is 12.5. The van der Waals surface area contributed by atoms with Crippen molar-refractivity contribution in [2.45, 2.75) is 6.92 Å². The number of benzene rings is 2. The van der Waals surface area contributed by atoms with E-state index in [0.29, 0.717) is 16.7 Å². The van der Waals surface area contributed by atoms with Gasteiger partial charge in [0.05, 0.1) is 7.11 Å².